The maximum atomic E-state index is 12.5. The first kappa shape index (κ1) is 18.0. The zero-order chi connectivity index (χ0) is 19.0. The van der Waals surface area contributed by atoms with Crippen LogP contribution in [0.15, 0.2) is 71.6 Å². The van der Waals surface area contributed by atoms with Crippen LogP contribution in [0.1, 0.15) is 5.56 Å². The van der Waals surface area contributed by atoms with Crippen molar-refractivity contribution < 1.29 is 9.32 Å². The summed E-state index contributed by atoms with van der Waals surface area (Å²) in [6.45, 7) is 2.44. The zero-order valence-corrected chi connectivity index (χ0v) is 15.9. The summed E-state index contributed by atoms with van der Waals surface area (Å²) < 4.78 is 14.6. The van der Waals surface area contributed by atoms with Gasteiger partial charge in [0.05, 0.1) is 29.2 Å². The Balaban J connectivity index is 1.69. The molecular formula is C22H20BNO2S. The standard InChI is InChI=1S/C22H20BNO2S/c1-15-7-9-21-19(11-15)20-12-16(23)8-10-22(20)24(21)13-17(25)14-27(26)18-5-3-2-4-6-18/h2-12,17,25H,13-14H2,1H3. The van der Waals surface area contributed by atoms with E-state index in [0.29, 0.717) is 12.0 Å². The highest BCUT2D eigenvalue weighted by atomic mass is 32.2. The molecule has 2 radical (unpaired) electrons. The normalized spacial score (nSPS) is 13.9. The zero-order valence-electron chi connectivity index (χ0n) is 15.1. The van der Waals surface area contributed by atoms with Gasteiger partial charge in [-0.2, -0.15) is 0 Å². The molecule has 1 heterocycles. The fourth-order valence-corrected chi connectivity index (χ4v) is 4.65. The van der Waals surface area contributed by atoms with E-state index in [1.54, 1.807) is 0 Å². The van der Waals surface area contributed by atoms with Gasteiger partial charge in [-0.25, -0.2) is 0 Å². The van der Waals surface area contributed by atoms with Gasteiger partial charge in [-0.1, -0.05) is 47.4 Å². The lowest BCUT2D eigenvalue weighted by molar-refractivity contribution is 0.180. The van der Waals surface area contributed by atoms with Crippen LogP contribution >= 0.6 is 0 Å². The van der Waals surface area contributed by atoms with Crippen molar-refractivity contribution in [3.8, 4) is 0 Å². The predicted octanol–water partition coefficient (Wildman–Crippen LogP) is 3.07. The first-order chi connectivity index (χ1) is 13.0. The molecule has 0 aliphatic carbocycles. The average Bonchev–Trinajstić information content (AvgIpc) is 2.94. The van der Waals surface area contributed by atoms with Crippen molar-refractivity contribution in [3.63, 3.8) is 0 Å². The maximum Gasteiger partial charge on any atom is 0.113 e. The van der Waals surface area contributed by atoms with Crippen LogP contribution in [0.2, 0.25) is 0 Å². The van der Waals surface area contributed by atoms with Crippen molar-refractivity contribution in [3.05, 3.63) is 72.3 Å². The van der Waals surface area contributed by atoms with Crippen molar-refractivity contribution in [1.29, 1.82) is 0 Å². The Kier molecular flexibility index (Phi) is 4.89. The first-order valence-electron chi connectivity index (χ1n) is 8.92. The Labute approximate surface area is 162 Å². The van der Waals surface area contributed by atoms with Gasteiger partial charge in [0.2, 0.25) is 0 Å². The minimum absolute atomic E-state index is 0.200. The third-order valence-corrected chi connectivity index (χ3v) is 6.27. The number of nitrogens with zero attached hydrogens (tertiary/aromatic N) is 1. The summed E-state index contributed by atoms with van der Waals surface area (Å²) in [6, 6.07) is 21.4. The second-order valence-corrected chi connectivity index (χ2v) is 8.38. The average molecular weight is 373 g/mol. The van der Waals surface area contributed by atoms with Gasteiger partial charge in [0.15, 0.2) is 0 Å². The third-order valence-electron chi connectivity index (χ3n) is 4.79. The molecule has 0 bridgehead atoms. The smallest absolute Gasteiger partial charge is 0.113 e. The van der Waals surface area contributed by atoms with Crippen LogP contribution in [-0.4, -0.2) is 33.6 Å². The summed E-state index contributed by atoms with van der Waals surface area (Å²) in [5.74, 6) is 0.200. The van der Waals surface area contributed by atoms with Crippen molar-refractivity contribution in [2.75, 3.05) is 5.75 Å². The van der Waals surface area contributed by atoms with E-state index in [-0.39, 0.29) is 5.75 Å². The van der Waals surface area contributed by atoms with Crippen LogP contribution in [-0.2, 0) is 17.3 Å². The number of hydrogen-bond acceptors (Lipinski definition) is 2. The molecule has 0 spiro atoms. The molecule has 2 unspecified atom stereocenters. The largest absolute Gasteiger partial charge is 0.390 e. The van der Waals surface area contributed by atoms with Gasteiger partial charge in [-0.3, -0.25) is 4.21 Å². The second kappa shape index (κ2) is 7.33. The van der Waals surface area contributed by atoms with Gasteiger partial charge < -0.3 is 9.67 Å². The van der Waals surface area contributed by atoms with Gasteiger partial charge in [0.25, 0.3) is 0 Å². The lowest BCUT2D eigenvalue weighted by atomic mass is 9.94. The van der Waals surface area contributed by atoms with Gasteiger partial charge >= 0.3 is 0 Å². The van der Waals surface area contributed by atoms with E-state index < -0.39 is 16.9 Å². The number of aryl methyl sites for hydroxylation is 1. The number of aliphatic hydroxyl groups is 1. The second-order valence-electron chi connectivity index (χ2n) is 6.89. The molecule has 3 aromatic carbocycles. The van der Waals surface area contributed by atoms with Gasteiger partial charge in [-0.05, 0) is 37.3 Å². The number of hydrogen-bond donors (Lipinski definition) is 1. The van der Waals surface area contributed by atoms with Crippen molar-refractivity contribution in [2.24, 2.45) is 0 Å². The van der Waals surface area contributed by atoms with Crippen LogP contribution in [0.4, 0.5) is 0 Å². The number of rotatable bonds is 5. The molecule has 4 aromatic rings. The number of aromatic nitrogens is 1. The van der Waals surface area contributed by atoms with Gasteiger partial charge in [0.1, 0.15) is 7.85 Å². The molecule has 4 rings (SSSR count). The summed E-state index contributed by atoms with van der Waals surface area (Å²) in [4.78, 5) is 0.738. The molecule has 1 N–H and O–H groups in total. The number of fused-ring (bicyclic) bond motifs is 3. The SMILES string of the molecule is [B]c1ccc2c(c1)c1cc(C)ccc1n2CC(O)CS(=O)c1ccccc1. The van der Waals surface area contributed by atoms with Crippen LogP contribution in [0.25, 0.3) is 21.8 Å². The monoisotopic (exact) mass is 373 g/mol. The number of aliphatic hydroxyl groups excluding tert-OH is 1. The van der Waals surface area contributed by atoms with E-state index in [0.717, 1.165) is 26.7 Å². The van der Waals surface area contributed by atoms with E-state index >= 15 is 0 Å². The molecule has 134 valence electrons. The summed E-state index contributed by atoms with van der Waals surface area (Å²) in [6.07, 6.45) is -0.719. The molecule has 0 saturated carbocycles. The molecule has 27 heavy (non-hydrogen) atoms. The minimum Gasteiger partial charge on any atom is -0.390 e. The van der Waals surface area contributed by atoms with Crippen LogP contribution < -0.4 is 5.46 Å². The Hall–Kier alpha value is -2.37. The quantitative estimate of drug-likeness (QED) is 0.547. The molecule has 0 aliphatic rings. The van der Waals surface area contributed by atoms with E-state index in [1.807, 2.05) is 48.5 Å². The third kappa shape index (κ3) is 3.57. The van der Waals surface area contributed by atoms with E-state index in [1.165, 1.54) is 5.56 Å². The Morgan fingerprint density at radius 1 is 1.00 bits per heavy atom. The lowest BCUT2D eigenvalue weighted by Gasteiger charge is -2.14. The van der Waals surface area contributed by atoms with E-state index in [9.17, 15) is 9.32 Å². The Bertz CT molecular complexity index is 1080. The molecule has 0 aliphatic heterocycles. The lowest BCUT2D eigenvalue weighted by Crippen LogP contribution is -2.23. The summed E-state index contributed by atoms with van der Waals surface area (Å²) in [7, 11) is 4.76. The fourth-order valence-electron chi connectivity index (χ4n) is 3.54. The molecule has 2 atom stereocenters. The first-order valence-corrected chi connectivity index (χ1v) is 10.2. The molecule has 0 saturated heterocycles. The highest BCUT2D eigenvalue weighted by molar-refractivity contribution is 7.85. The molecule has 0 amide bonds. The summed E-state index contributed by atoms with van der Waals surface area (Å²) in [5.41, 5.74) is 3.96. The molecule has 0 fully saturated rings. The molecule has 3 nitrogen and oxygen atoms in total. The summed E-state index contributed by atoms with van der Waals surface area (Å²) >= 11 is 0. The maximum absolute atomic E-state index is 12.5. The van der Waals surface area contributed by atoms with Crippen LogP contribution in [0.5, 0.6) is 0 Å². The molecule has 1 aromatic heterocycles. The van der Waals surface area contributed by atoms with Gasteiger partial charge in [-0.15, -0.1) is 0 Å². The van der Waals surface area contributed by atoms with E-state index in [2.05, 4.69) is 29.7 Å². The summed E-state index contributed by atoms with van der Waals surface area (Å²) in [5, 5.41) is 12.8. The molecular weight excluding hydrogens is 353 g/mol. The Morgan fingerprint density at radius 3 is 2.41 bits per heavy atom. The van der Waals surface area contributed by atoms with Crippen molar-refractivity contribution in [2.45, 2.75) is 24.5 Å². The fraction of sp³-hybridized carbons (Fsp3) is 0.182. The van der Waals surface area contributed by atoms with Crippen molar-refractivity contribution >= 4 is 45.9 Å². The number of benzene rings is 3. The van der Waals surface area contributed by atoms with Crippen LogP contribution in [0.3, 0.4) is 0 Å². The molecule has 5 heteroatoms. The topological polar surface area (TPSA) is 42.2 Å². The highest BCUT2D eigenvalue weighted by Crippen LogP contribution is 2.29. The van der Waals surface area contributed by atoms with Gasteiger partial charge in [0, 0.05) is 26.7 Å². The van der Waals surface area contributed by atoms with E-state index in [4.69, 9.17) is 7.85 Å². The minimum atomic E-state index is -1.23. The Morgan fingerprint density at radius 2 is 1.67 bits per heavy atom. The van der Waals surface area contributed by atoms with Crippen molar-refractivity contribution in [1.82, 2.24) is 4.57 Å². The van der Waals surface area contributed by atoms with Crippen LogP contribution in [0, 0.1) is 6.92 Å². The predicted molar refractivity (Wildman–Crippen MR) is 113 cm³/mol. The highest BCUT2D eigenvalue weighted by Gasteiger charge is 2.16.